The number of nitrogens with two attached hydrogens (primary N) is 1. The fourth-order valence-electron chi connectivity index (χ4n) is 2.10. The summed E-state index contributed by atoms with van der Waals surface area (Å²) in [5.74, 6) is 1.08. The molecular weight excluding hydrogens is 254 g/mol. The highest BCUT2D eigenvalue weighted by atomic mass is 16.5. The zero-order valence-electron chi connectivity index (χ0n) is 10.9. The maximum atomic E-state index is 5.98. The highest BCUT2D eigenvalue weighted by Crippen LogP contribution is 2.37. The van der Waals surface area contributed by atoms with E-state index in [1.807, 2.05) is 18.2 Å². The summed E-state index contributed by atoms with van der Waals surface area (Å²) in [5.41, 5.74) is 9.32. The molecule has 0 saturated heterocycles. The highest BCUT2D eigenvalue weighted by Gasteiger charge is 2.17. The summed E-state index contributed by atoms with van der Waals surface area (Å²) >= 11 is 0. The lowest BCUT2D eigenvalue weighted by molar-refractivity contribution is 0.414. The number of aromatic amines is 1. The van der Waals surface area contributed by atoms with Gasteiger partial charge < -0.3 is 10.5 Å². The van der Waals surface area contributed by atoms with Gasteiger partial charge in [0.1, 0.15) is 5.75 Å². The van der Waals surface area contributed by atoms with Crippen molar-refractivity contribution in [2.24, 2.45) is 0 Å². The van der Waals surface area contributed by atoms with E-state index in [2.05, 4.69) is 20.2 Å². The molecule has 0 amide bonds. The van der Waals surface area contributed by atoms with Crippen LogP contribution in [0.4, 0.5) is 5.82 Å². The van der Waals surface area contributed by atoms with Crippen LogP contribution in [0.5, 0.6) is 5.75 Å². The summed E-state index contributed by atoms with van der Waals surface area (Å²) in [4.78, 5) is 8.17. The van der Waals surface area contributed by atoms with Gasteiger partial charge in [0.05, 0.1) is 24.6 Å². The molecule has 0 unspecified atom stereocenters. The molecule has 0 aliphatic heterocycles. The molecule has 0 spiro atoms. The zero-order valence-corrected chi connectivity index (χ0v) is 10.9. The van der Waals surface area contributed by atoms with E-state index in [0.717, 1.165) is 22.4 Å². The summed E-state index contributed by atoms with van der Waals surface area (Å²) < 4.78 is 5.33. The van der Waals surface area contributed by atoms with Crippen molar-refractivity contribution in [1.82, 2.24) is 20.2 Å². The Morgan fingerprint density at radius 3 is 2.75 bits per heavy atom. The number of nitrogen functional groups attached to an aromatic ring is 1. The van der Waals surface area contributed by atoms with Gasteiger partial charge in [0.15, 0.2) is 5.82 Å². The molecule has 0 aromatic carbocycles. The topological polar surface area (TPSA) is 89.7 Å². The largest absolute Gasteiger partial charge is 0.494 e. The number of nitrogens with one attached hydrogen (secondary N) is 1. The van der Waals surface area contributed by atoms with Crippen molar-refractivity contribution in [3.05, 3.63) is 43.0 Å². The fourth-order valence-corrected chi connectivity index (χ4v) is 2.10. The fraction of sp³-hybridized carbons (Fsp3) is 0.0714. The number of nitrogens with zero attached hydrogens (tertiary/aromatic N) is 3. The zero-order chi connectivity index (χ0) is 13.9. The number of anilines is 1. The lowest BCUT2D eigenvalue weighted by Gasteiger charge is -2.08. The Labute approximate surface area is 115 Å². The number of H-pyrrole nitrogens is 1. The van der Waals surface area contributed by atoms with E-state index in [1.54, 1.807) is 31.9 Å². The number of hydrogen-bond acceptors (Lipinski definition) is 5. The maximum absolute atomic E-state index is 5.98. The number of hydrogen-bond donors (Lipinski definition) is 2. The van der Waals surface area contributed by atoms with Gasteiger partial charge in [-0.05, 0) is 12.1 Å². The second kappa shape index (κ2) is 5.00. The number of rotatable bonds is 3. The van der Waals surface area contributed by atoms with Gasteiger partial charge in [-0.3, -0.25) is 15.1 Å². The van der Waals surface area contributed by atoms with E-state index in [9.17, 15) is 0 Å². The molecule has 0 aliphatic rings. The summed E-state index contributed by atoms with van der Waals surface area (Å²) in [7, 11) is 1.60. The Balaban J connectivity index is 2.22. The van der Waals surface area contributed by atoms with E-state index in [1.165, 1.54) is 0 Å². The number of methoxy groups -OCH3 is 1. The second-order valence-electron chi connectivity index (χ2n) is 4.18. The Kier molecular flexibility index (Phi) is 3.04. The van der Waals surface area contributed by atoms with Crippen LogP contribution in [0.1, 0.15) is 0 Å². The van der Waals surface area contributed by atoms with Crippen molar-refractivity contribution in [2.45, 2.75) is 0 Å². The predicted octanol–water partition coefficient (Wildman–Crippen LogP) is 2.12. The molecule has 6 heteroatoms. The monoisotopic (exact) mass is 267 g/mol. The van der Waals surface area contributed by atoms with Crippen LogP contribution >= 0.6 is 0 Å². The molecular formula is C14H13N5O. The van der Waals surface area contributed by atoms with Gasteiger partial charge in [0, 0.05) is 29.7 Å². The third-order valence-corrected chi connectivity index (χ3v) is 3.02. The number of pyridine rings is 2. The van der Waals surface area contributed by atoms with E-state index >= 15 is 0 Å². The normalized spacial score (nSPS) is 10.4. The summed E-state index contributed by atoms with van der Waals surface area (Å²) in [6.45, 7) is 0. The van der Waals surface area contributed by atoms with E-state index in [-0.39, 0.29) is 0 Å². The van der Waals surface area contributed by atoms with Gasteiger partial charge in [-0.15, -0.1) is 0 Å². The second-order valence-corrected chi connectivity index (χ2v) is 4.18. The maximum Gasteiger partial charge on any atom is 0.153 e. The van der Waals surface area contributed by atoms with Gasteiger partial charge in [0.2, 0.25) is 0 Å². The minimum Gasteiger partial charge on any atom is -0.494 e. The summed E-state index contributed by atoms with van der Waals surface area (Å²) in [6.07, 6.45) is 6.81. The van der Waals surface area contributed by atoms with Crippen LogP contribution in [-0.2, 0) is 0 Å². The van der Waals surface area contributed by atoms with Crippen LogP contribution < -0.4 is 10.5 Å². The lowest BCUT2D eigenvalue weighted by Crippen LogP contribution is -1.92. The summed E-state index contributed by atoms with van der Waals surface area (Å²) in [6, 6.07) is 5.65. The van der Waals surface area contributed by atoms with Crippen LogP contribution in [0.3, 0.4) is 0 Å². The SMILES string of the molecule is COc1cnccc1-c1[nH]nc(N)c1-c1cccnc1. The average Bonchev–Trinajstić information content (AvgIpc) is 2.89. The molecule has 100 valence electrons. The molecule has 6 nitrogen and oxygen atoms in total. The lowest BCUT2D eigenvalue weighted by atomic mass is 10.0. The molecule has 0 fully saturated rings. The molecule has 0 saturated carbocycles. The minimum absolute atomic E-state index is 0.423. The Bertz CT molecular complexity index is 723. The highest BCUT2D eigenvalue weighted by molar-refractivity contribution is 5.89. The van der Waals surface area contributed by atoms with Gasteiger partial charge >= 0.3 is 0 Å². The molecule has 3 rings (SSSR count). The molecule has 20 heavy (non-hydrogen) atoms. The van der Waals surface area contributed by atoms with Crippen molar-refractivity contribution in [1.29, 1.82) is 0 Å². The van der Waals surface area contributed by atoms with Crippen molar-refractivity contribution in [3.8, 4) is 28.1 Å². The molecule has 0 aliphatic carbocycles. The Hall–Kier alpha value is -2.89. The molecule has 3 aromatic rings. The van der Waals surface area contributed by atoms with Gasteiger partial charge in [0.25, 0.3) is 0 Å². The van der Waals surface area contributed by atoms with E-state index in [0.29, 0.717) is 11.6 Å². The third-order valence-electron chi connectivity index (χ3n) is 3.02. The van der Waals surface area contributed by atoms with Crippen molar-refractivity contribution < 1.29 is 4.74 Å². The Morgan fingerprint density at radius 1 is 1.15 bits per heavy atom. The first-order valence-corrected chi connectivity index (χ1v) is 6.04. The Morgan fingerprint density at radius 2 is 2.00 bits per heavy atom. The van der Waals surface area contributed by atoms with E-state index < -0.39 is 0 Å². The molecule has 0 atom stereocenters. The van der Waals surface area contributed by atoms with Crippen LogP contribution in [0.25, 0.3) is 22.4 Å². The molecule has 0 radical (unpaired) electrons. The van der Waals surface area contributed by atoms with Crippen LogP contribution in [0, 0.1) is 0 Å². The van der Waals surface area contributed by atoms with Crippen molar-refractivity contribution in [3.63, 3.8) is 0 Å². The molecule has 0 bridgehead atoms. The molecule has 3 aromatic heterocycles. The first kappa shape index (κ1) is 12.2. The predicted molar refractivity (Wildman–Crippen MR) is 76.0 cm³/mol. The summed E-state index contributed by atoms with van der Waals surface area (Å²) in [5, 5.41) is 7.05. The number of ether oxygens (including phenoxy) is 1. The molecule has 3 heterocycles. The van der Waals surface area contributed by atoms with Crippen LogP contribution in [-0.4, -0.2) is 27.3 Å². The smallest absolute Gasteiger partial charge is 0.153 e. The third kappa shape index (κ3) is 1.97. The van der Waals surface area contributed by atoms with Crippen LogP contribution in [0.2, 0.25) is 0 Å². The number of aromatic nitrogens is 4. The van der Waals surface area contributed by atoms with Gasteiger partial charge in [-0.2, -0.15) is 5.10 Å². The quantitative estimate of drug-likeness (QED) is 0.758. The van der Waals surface area contributed by atoms with Crippen molar-refractivity contribution >= 4 is 5.82 Å². The standard InChI is InChI=1S/C14H13N5O/c1-20-11-8-17-6-4-10(11)13-12(14(15)19-18-13)9-3-2-5-16-7-9/h2-8H,1H3,(H3,15,18,19). The van der Waals surface area contributed by atoms with E-state index in [4.69, 9.17) is 10.5 Å². The van der Waals surface area contributed by atoms with Gasteiger partial charge in [-0.25, -0.2) is 0 Å². The van der Waals surface area contributed by atoms with Gasteiger partial charge in [-0.1, -0.05) is 6.07 Å². The van der Waals surface area contributed by atoms with Crippen molar-refractivity contribution in [2.75, 3.05) is 12.8 Å². The van der Waals surface area contributed by atoms with Crippen LogP contribution in [0.15, 0.2) is 43.0 Å². The average molecular weight is 267 g/mol. The first-order valence-electron chi connectivity index (χ1n) is 6.04. The molecule has 3 N–H and O–H groups in total. The minimum atomic E-state index is 0.423. The first-order chi connectivity index (χ1) is 9.81.